The lowest BCUT2D eigenvalue weighted by atomic mass is 9.69. The number of methoxy groups -OCH3 is 1. The van der Waals surface area contributed by atoms with E-state index in [1.807, 2.05) is 30.9 Å². The smallest absolute Gasteiger partial charge is 0.227 e. The monoisotopic (exact) mass is 437 g/mol. The number of hydrogen-bond acceptors (Lipinski definition) is 3. The number of allylic oxidation sites excluding steroid dienone is 4. The zero-order valence-corrected chi connectivity index (χ0v) is 21.2. The maximum atomic E-state index is 13.7. The Labute approximate surface area is 193 Å². The number of Topliss-reactive ketones (excluding diaryl/α,β-unsaturated/α-hetero) is 1. The van der Waals surface area contributed by atoms with Gasteiger partial charge in [-0.05, 0) is 42.4 Å². The molecule has 3 rings (SSSR count). The third-order valence-corrected chi connectivity index (χ3v) is 7.01. The van der Waals surface area contributed by atoms with Gasteiger partial charge in [-0.2, -0.15) is 0 Å². The number of benzene rings is 1. The molecule has 0 bridgehead atoms. The van der Waals surface area contributed by atoms with Crippen molar-refractivity contribution in [1.29, 1.82) is 0 Å². The molecular weight excluding hydrogens is 398 g/mol. The molecule has 2 atom stereocenters. The number of carbonyl (C=O) groups is 2. The Morgan fingerprint density at radius 3 is 1.78 bits per heavy atom. The summed E-state index contributed by atoms with van der Waals surface area (Å²) in [5.41, 5.74) is 1.67. The molecule has 32 heavy (non-hydrogen) atoms. The van der Waals surface area contributed by atoms with Crippen LogP contribution in [-0.2, 0) is 9.59 Å². The van der Waals surface area contributed by atoms with E-state index >= 15 is 0 Å². The molecule has 0 aromatic heterocycles. The Bertz CT molecular complexity index is 916. The van der Waals surface area contributed by atoms with Gasteiger partial charge in [-0.3, -0.25) is 9.59 Å². The van der Waals surface area contributed by atoms with Crippen molar-refractivity contribution in [2.24, 2.45) is 22.2 Å². The summed E-state index contributed by atoms with van der Waals surface area (Å²) in [7, 11) is 1.66. The van der Waals surface area contributed by atoms with Crippen molar-refractivity contribution < 1.29 is 14.3 Å². The minimum Gasteiger partial charge on any atom is -0.497 e. The maximum absolute atomic E-state index is 13.7. The van der Waals surface area contributed by atoms with Crippen LogP contribution in [-0.4, -0.2) is 36.8 Å². The molecule has 0 heterocycles. The molecule has 1 amide bonds. The maximum Gasteiger partial charge on any atom is 0.227 e. The number of hydrogen-bond donors (Lipinski definition) is 0. The second-order valence-corrected chi connectivity index (χ2v) is 11.2. The van der Waals surface area contributed by atoms with E-state index in [0.29, 0.717) is 13.1 Å². The lowest BCUT2D eigenvalue weighted by Gasteiger charge is -2.34. The summed E-state index contributed by atoms with van der Waals surface area (Å²) in [5, 5.41) is 0. The predicted molar refractivity (Wildman–Crippen MR) is 130 cm³/mol. The summed E-state index contributed by atoms with van der Waals surface area (Å²) < 4.78 is 5.35. The first-order chi connectivity index (χ1) is 14.8. The largest absolute Gasteiger partial charge is 0.497 e. The Morgan fingerprint density at radius 1 is 0.938 bits per heavy atom. The molecule has 0 radical (unpaired) electrons. The number of carbonyl (C=O) groups excluding carboxylic acids is 2. The van der Waals surface area contributed by atoms with Crippen LogP contribution in [0.2, 0.25) is 0 Å². The van der Waals surface area contributed by atoms with Gasteiger partial charge in [0.1, 0.15) is 5.75 Å². The summed E-state index contributed by atoms with van der Waals surface area (Å²) in [5.74, 6) is 0.873. The fraction of sp³-hybridized carbons (Fsp3) is 0.571. The SMILES string of the molecule is CCN(CC)C(=O)[C@H]1[C@H](c2ccc(OC)cc2)C12C=C(C(C)(C)C)C(=O)C(C(C)(C)C)=C2. The number of nitrogens with zero attached hydrogens (tertiary/aromatic N) is 1. The van der Waals surface area contributed by atoms with Crippen LogP contribution in [0.5, 0.6) is 5.75 Å². The Morgan fingerprint density at radius 2 is 1.41 bits per heavy atom. The van der Waals surface area contributed by atoms with Gasteiger partial charge in [0.15, 0.2) is 5.78 Å². The van der Waals surface area contributed by atoms with Gasteiger partial charge < -0.3 is 9.64 Å². The number of rotatable bonds is 5. The van der Waals surface area contributed by atoms with E-state index in [9.17, 15) is 9.59 Å². The van der Waals surface area contributed by atoms with Gasteiger partial charge >= 0.3 is 0 Å². The summed E-state index contributed by atoms with van der Waals surface area (Å²) in [6.07, 6.45) is 4.26. The van der Waals surface area contributed by atoms with Gasteiger partial charge in [0.2, 0.25) is 5.91 Å². The zero-order chi connectivity index (χ0) is 24.1. The Balaban J connectivity index is 2.22. The molecule has 0 N–H and O–H groups in total. The average Bonchev–Trinajstić information content (AvgIpc) is 3.36. The van der Waals surface area contributed by atoms with Crippen LogP contribution in [0, 0.1) is 22.2 Å². The first kappa shape index (κ1) is 24.3. The van der Waals surface area contributed by atoms with Crippen molar-refractivity contribution in [3.63, 3.8) is 0 Å². The fourth-order valence-electron chi connectivity index (χ4n) is 5.10. The van der Waals surface area contributed by atoms with Crippen molar-refractivity contribution in [1.82, 2.24) is 4.90 Å². The van der Waals surface area contributed by atoms with Gasteiger partial charge in [0, 0.05) is 35.6 Å². The van der Waals surface area contributed by atoms with E-state index in [-0.39, 0.29) is 34.4 Å². The molecule has 1 saturated carbocycles. The average molecular weight is 438 g/mol. The highest BCUT2D eigenvalue weighted by molar-refractivity contribution is 6.11. The first-order valence-electron chi connectivity index (χ1n) is 11.8. The normalized spacial score (nSPS) is 22.3. The third kappa shape index (κ3) is 4.04. The fourth-order valence-corrected chi connectivity index (χ4v) is 5.10. The minimum atomic E-state index is -0.479. The lowest BCUT2D eigenvalue weighted by molar-refractivity contribution is -0.132. The van der Waals surface area contributed by atoms with Gasteiger partial charge in [0.05, 0.1) is 13.0 Å². The number of amides is 1. The molecule has 1 spiro atoms. The van der Waals surface area contributed by atoms with Gasteiger partial charge in [-0.25, -0.2) is 0 Å². The van der Waals surface area contributed by atoms with Crippen LogP contribution < -0.4 is 4.74 Å². The van der Waals surface area contributed by atoms with E-state index in [1.165, 1.54) is 0 Å². The lowest BCUT2D eigenvalue weighted by Crippen LogP contribution is -2.35. The van der Waals surface area contributed by atoms with E-state index in [2.05, 4.69) is 65.8 Å². The standard InChI is InChI=1S/C28H39NO3/c1-10-29(11-2)25(31)23-22(18-12-14-19(32-9)15-13-18)28(23)16-20(26(3,4)5)24(30)21(17-28)27(6,7)8/h12-17,22-23H,10-11H2,1-9H3/t22-,23+/m0/s1. The molecule has 2 aliphatic rings. The minimum absolute atomic E-state index is 0.00399. The third-order valence-electron chi connectivity index (χ3n) is 7.01. The number of ketones is 1. The van der Waals surface area contributed by atoms with Crippen molar-refractivity contribution >= 4 is 11.7 Å². The van der Waals surface area contributed by atoms with Crippen molar-refractivity contribution in [2.75, 3.05) is 20.2 Å². The van der Waals surface area contributed by atoms with E-state index < -0.39 is 5.41 Å². The molecule has 2 aliphatic carbocycles. The predicted octanol–water partition coefficient (Wildman–Crippen LogP) is 5.79. The first-order valence-corrected chi connectivity index (χ1v) is 11.8. The second-order valence-electron chi connectivity index (χ2n) is 11.2. The molecule has 174 valence electrons. The van der Waals surface area contributed by atoms with E-state index in [4.69, 9.17) is 4.74 Å². The summed E-state index contributed by atoms with van der Waals surface area (Å²) in [6, 6.07) is 8.03. The molecule has 0 saturated heterocycles. The van der Waals surface area contributed by atoms with Crippen LogP contribution >= 0.6 is 0 Å². The quantitative estimate of drug-likeness (QED) is 0.586. The topological polar surface area (TPSA) is 46.6 Å². The molecule has 1 fully saturated rings. The van der Waals surface area contributed by atoms with Crippen LogP contribution in [0.1, 0.15) is 66.9 Å². The van der Waals surface area contributed by atoms with Crippen molar-refractivity contribution in [3.05, 3.63) is 53.1 Å². The molecule has 0 unspecified atom stereocenters. The summed E-state index contributed by atoms with van der Waals surface area (Å²) in [4.78, 5) is 29.2. The number of ether oxygens (including phenoxy) is 1. The highest BCUT2D eigenvalue weighted by Gasteiger charge is 2.68. The highest BCUT2D eigenvalue weighted by atomic mass is 16.5. The Hall–Kier alpha value is -2.36. The molecular formula is C28H39NO3. The molecule has 4 heteroatoms. The van der Waals surface area contributed by atoms with Gasteiger partial charge in [-0.1, -0.05) is 65.8 Å². The van der Waals surface area contributed by atoms with E-state index in [0.717, 1.165) is 22.5 Å². The molecule has 1 aromatic carbocycles. The zero-order valence-electron chi connectivity index (χ0n) is 21.2. The molecule has 4 nitrogen and oxygen atoms in total. The van der Waals surface area contributed by atoms with E-state index in [1.54, 1.807) is 7.11 Å². The van der Waals surface area contributed by atoms with Crippen LogP contribution in [0.3, 0.4) is 0 Å². The summed E-state index contributed by atoms with van der Waals surface area (Å²) in [6.45, 7) is 17.9. The molecule has 1 aromatic rings. The van der Waals surface area contributed by atoms with Gasteiger partial charge in [-0.15, -0.1) is 0 Å². The van der Waals surface area contributed by atoms with Crippen molar-refractivity contribution in [3.8, 4) is 5.75 Å². The highest BCUT2D eigenvalue weighted by Crippen LogP contribution is 2.70. The van der Waals surface area contributed by atoms with Crippen LogP contribution in [0.25, 0.3) is 0 Å². The Kier molecular flexibility index (Phi) is 6.23. The van der Waals surface area contributed by atoms with Crippen LogP contribution in [0.15, 0.2) is 47.6 Å². The van der Waals surface area contributed by atoms with Crippen molar-refractivity contribution in [2.45, 2.75) is 61.3 Å². The second kappa shape index (κ2) is 8.20. The summed E-state index contributed by atoms with van der Waals surface area (Å²) >= 11 is 0. The molecule has 0 aliphatic heterocycles. The van der Waals surface area contributed by atoms with Gasteiger partial charge in [0.25, 0.3) is 0 Å². The van der Waals surface area contributed by atoms with Crippen LogP contribution in [0.4, 0.5) is 0 Å².